The van der Waals surface area contributed by atoms with E-state index >= 15 is 0 Å². The molecule has 0 bridgehead atoms. The number of carbonyl (C=O) groups is 1. The van der Waals surface area contributed by atoms with E-state index < -0.39 is 18.7 Å². The van der Waals surface area contributed by atoms with Crippen LogP contribution in [0.4, 0.5) is 0 Å². The molecule has 0 radical (unpaired) electrons. The lowest BCUT2D eigenvalue weighted by Gasteiger charge is -2.42. The fourth-order valence-corrected chi connectivity index (χ4v) is 7.03. The summed E-state index contributed by atoms with van der Waals surface area (Å²) in [4.78, 5) is 12.9. The molecule has 0 amide bonds. The quantitative estimate of drug-likeness (QED) is 0.420. The molecule has 0 saturated carbocycles. The van der Waals surface area contributed by atoms with Gasteiger partial charge < -0.3 is 4.74 Å². The summed E-state index contributed by atoms with van der Waals surface area (Å²) in [6.45, 7) is 2.35. The van der Waals surface area contributed by atoms with E-state index in [0.717, 1.165) is 12.0 Å². The second-order valence-electron chi connectivity index (χ2n) is 7.96. The van der Waals surface area contributed by atoms with E-state index in [1.807, 2.05) is 79.7 Å². The molecule has 1 aliphatic heterocycles. The lowest BCUT2D eigenvalue weighted by molar-refractivity contribution is -0.156. The lowest BCUT2D eigenvalue weighted by Crippen LogP contribution is -2.51. The summed E-state index contributed by atoms with van der Waals surface area (Å²) in [6.07, 6.45) is 1.41. The third-order valence-electron chi connectivity index (χ3n) is 5.94. The highest BCUT2D eigenvalue weighted by molar-refractivity contribution is 7.77. The summed E-state index contributed by atoms with van der Waals surface area (Å²) in [5, 5.41) is 5.46. The Morgan fingerprint density at radius 3 is 2.00 bits per heavy atom. The van der Waals surface area contributed by atoms with Crippen molar-refractivity contribution in [3.8, 4) is 0 Å². The minimum absolute atomic E-state index is 0.274. The number of ether oxygens (including phenoxy) is 1. The molecule has 160 valence electrons. The number of halogens is 1. The minimum Gasteiger partial charge on any atom is -0.465 e. The first-order valence-corrected chi connectivity index (χ1v) is 12.5. The number of benzene rings is 3. The molecule has 6 heteroatoms. The molecular weight excluding hydrogens is 429 g/mol. The number of esters is 1. The third-order valence-corrected chi connectivity index (χ3v) is 9.02. The van der Waals surface area contributed by atoms with Crippen molar-refractivity contribution >= 4 is 35.5 Å². The van der Waals surface area contributed by atoms with Gasteiger partial charge in [-0.2, -0.15) is 0 Å². The number of hydrogen-bond acceptors (Lipinski definition) is 3. The zero-order chi connectivity index (χ0) is 21.9. The van der Waals surface area contributed by atoms with Crippen molar-refractivity contribution < 1.29 is 14.1 Å². The maximum absolute atomic E-state index is 14.7. The Kier molecular flexibility index (Phi) is 6.34. The Bertz CT molecular complexity index is 1050. The average Bonchev–Trinajstić information content (AvgIpc) is 2.81. The molecule has 31 heavy (non-hydrogen) atoms. The van der Waals surface area contributed by atoms with Gasteiger partial charge in [-0.25, -0.2) is 5.09 Å². The van der Waals surface area contributed by atoms with Crippen LogP contribution < -0.4 is 15.7 Å². The van der Waals surface area contributed by atoms with Gasteiger partial charge in [-0.15, -0.1) is 0 Å². The van der Waals surface area contributed by atoms with Gasteiger partial charge in [0.05, 0.1) is 18.1 Å². The molecule has 0 aliphatic carbocycles. The molecule has 4 rings (SSSR count). The molecule has 0 unspecified atom stereocenters. The number of cyclic esters (lactones) is 1. The van der Waals surface area contributed by atoms with E-state index in [-0.39, 0.29) is 5.97 Å². The Labute approximate surface area is 188 Å². The van der Waals surface area contributed by atoms with Gasteiger partial charge >= 0.3 is 5.97 Å². The molecule has 3 aromatic rings. The highest BCUT2D eigenvalue weighted by Crippen LogP contribution is 2.47. The number of hydrogen-bond donors (Lipinski definition) is 1. The summed E-state index contributed by atoms with van der Waals surface area (Å²) in [6, 6.07) is 26.1. The van der Waals surface area contributed by atoms with E-state index in [1.54, 1.807) is 12.1 Å². The molecule has 1 heterocycles. The highest BCUT2D eigenvalue weighted by Gasteiger charge is 2.47. The van der Waals surface area contributed by atoms with Gasteiger partial charge in [0.15, 0.2) is 0 Å². The monoisotopic (exact) mass is 453 g/mol. The molecular formula is C25H25ClNO3P. The highest BCUT2D eigenvalue weighted by atomic mass is 35.5. The van der Waals surface area contributed by atoms with Crippen molar-refractivity contribution in [3.63, 3.8) is 0 Å². The zero-order valence-corrected chi connectivity index (χ0v) is 19.0. The SMILES string of the molecule is C[C@@](NP(=O)(c1ccccc1)c1ccccc1)(c1ccc(Cl)cc1)[C@@H]1CCCOC1=O. The first-order valence-electron chi connectivity index (χ1n) is 10.4. The number of nitrogens with one attached hydrogen (secondary N) is 1. The molecule has 1 N–H and O–H groups in total. The first kappa shape index (κ1) is 21.8. The summed E-state index contributed by atoms with van der Waals surface area (Å²) < 4.78 is 20.1. The number of rotatable bonds is 6. The first-order chi connectivity index (χ1) is 14.9. The predicted molar refractivity (Wildman–Crippen MR) is 125 cm³/mol. The van der Waals surface area contributed by atoms with E-state index in [9.17, 15) is 9.36 Å². The summed E-state index contributed by atoms with van der Waals surface area (Å²) in [5.41, 5.74) is -0.0867. The van der Waals surface area contributed by atoms with Crippen molar-refractivity contribution in [1.82, 2.24) is 5.09 Å². The standard InChI is InChI=1S/C25H25ClNO3P/c1-25(19-14-16-20(26)17-15-19,23-13-8-18-30-24(23)28)27-31(29,21-9-4-2-5-10-21)22-11-6-3-7-12-22/h2-7,9-12,14-17,23H,8,13,18H2,1H3,(H,27,29)/t23-,25-/m1/s1. The van der Waals surface area contributed by atoms with Gasteiger partial charge in [-0.1, -0.05) is 60.1 Å². The van der Waals surface area contributed by atoms with Crippen molar-refractivity contribution in [2.24, 2.45) is 5.92 Å². The Morgan fingerprint density at radius 2 is 1.48 bits per heavy atom. The van der Waals surface area contributed by atoms with E-state index in [2.05, 4.69) is 5.09 Å². The molecule has 3 aromatic carbocycles. The summed E-state index contributed by atoms with van der Waals surface area (Å²) >= 11 is 6.13. The smallest absolute Gasteiger partial charge is 0.311 e. The minimum atomic E-state index is -3.31. The van der Waals surface area contributed by atoms with E-state index in [1.165, 1.54) is 0 Å². The second-order valence-corrected chi connectivity index (χ2v) is 10.9. The van der Waals surface area contributed by atoms with Gasteiger partial charge in [-0.05, 0) is 61.7 Å². The van der Waals surface area contributed by atoms with Crippen LogP contribution in [-0.4, -0.2) is 12.6 Å². The Morgan fingerprint density at radius 1 is 0.935 bits per heavy atom. The van der Waals surface area contributed by atoms with Crippen LogP contribution in [0.2, 0.25) is 5.02 Å². The number of carbonyl (C=O) groups excluding carboxylic acids is 1. The summed E-state index contributed by atoms with van der Waals surface area (Å²) in [7, 11) is -3.31. The predicted octanol–water partition coefficient (Wildman–Crippen LogP) is 5.03. The van der Waals surface area contributed by atoms with Crippen LogP contribution in [0.1, 0.15) is 25.3 Å². The molecule has 0 spiro atoms. The van der Waals surface area contributed by atoms with Crippen LogP contribution in [0, 0.1) is 5.92 Å². The van der Waals surface area contributed by atoms with Gasteiger partial charge in [-0.3, -0.25) is 9.36 Å². The molecule has 1 saturated heterocycles. The fraction of sp³-hybridized carbons (Fsp3) is 0.240. The van der Waals surface area contributed by atoms with Gasteiger partial charge in [0, 0.05) is 15.6 Å². The van der Waals surface area contributed by atoms with Crippen LogP contribution in [0.5, 0.6) is 0 Å². The average molecular weight is 454 g/mol. The van der Waals surface area contributed by atoms with Crippen LogP contribution in [0.25, 0.3) is 0 Å². The molecule has 0 aromatic heterocycles. The zero-order valence-electron chi connectivity index (χ0n) is 17.3. The molecule has 4 nitrogen and oxygen atoms in total. The maximum atomic E-state index is 14.7. The maximum Gasteiger partial charge on any atom is 0.311 e. The third kappa shape index (κ3) is 4.34. The van der Waals surface area contributed by atoms with Crippen LogP contribution >= 0.6 is 18.9 Å². The van der Waals surface area contributed by atoms with Gasteiger partial charge in [0.2, 0.25) is 7.29 Å². The van der Waals surface area contributed by atoms with E-state index in [4.69, 9.17) is 16.3 Å². The normalized spacial score (nSPS) is 18.8. The topological polar surface area (TPSA) is 55.4 Å². The largest absolute Gasteiger partial charge is 0.465 e. The van der Waals surface area contributed by atoms with Crippen LogP contribution in [0.15, 0.2) is 84.9 Å². The van der Waals surface area contributed by atoms with Gasteiger partial charge in [0.25, 0.3) is 0 Å². The summed E-state index contributed by atoms with van der Waals surface area (Å²) in [5.74, 6) is -0.757. The van der Waals surface area contributed by atoms with Gasteiger partial charge in [0.1, 0.15) is 0 Å². The Balaban J connectivity index is 1.88. The molecule has 1 fully saturated rings. The van der Waals surface area contributed by atoms with Crippen molar-refractivity contribution in [1.29, 1.82) is 0 Å². The molecule has 1 aliphatic rings. The second kappa shape index (κ2) is 9.00. The van der Waals surface area contributed by atoms with Crippen LogP contribution in [-0.2, 0) is 19.6 Å². The Hall–Kier alpha value is -2.39. The van der Waals surface area contributed by atoms with Crippen molar-refractivity contribution in [2.75, 3.05) is 6.61 Å². The van der Waals surface area contributed by atoms with Crippen LogP contribution in [0.3, 0.4) is 0 Å². The van der Waals surface area contributed by atoms with Crippen molar-refractivity contribution in [2.45, 2.75) is 25.3 Å². The van der Waals surface area contributed by atoms with Crippen molar-refractivity contribution in [3.05, 3.63) is 95.5 Å². The fourth-order valence-electron chi connectivity index (χ4n) is 4.22. The van der Waals surface area contributed by atoms with E-state index in [0.29, 0.717) is 28.7 Å². The molecule has 2 atom stereocenters. The lowest BCUT2D eigenvalue weighted by atomic mass is 9.77.